The highest BCUT2D eigenvalue weighted by atomic mass is 15.2. The molecule has 6 nitrogen and oxygen atoms in total. The molecule has 1 atom stereocenters. The molecule has 0 amide bonds. The van der Waals surface area contributed by atoms with Crippen molar-refractivity contribution in [2.75, 3.05) is 13.1 Å². The molecule has 0 aromatic carbocycles. The number of pyridine rings is 1. The Hall–Kier alpha value is -2.21. The van der Waals surface area contributed by atoms with Crippen molar-refractivity contribution in [1.82, 2.24) is 30.0 Å². The van der Waals surface area contributed by atoms with E-state index in [0.29, 0.717) is 5.92 Å². The summed E-state index contributed by atoms with van der Waals surface area (Å²) in [7, 11) is 0. The maximum Gasteiger partial charge on any atom is 0.155 e. The number of nitrogens with one attached hydrogen (secondary N) is 2. The minimum Gasteiger partial charge on any atom is -0.348 e. The van der Waals surface area contributed by atoms with Crippen LogP contribution in [0.1, 0.15) is 35.8 Å². The van der Waals surface area contributed by atoms with Gasteiger partial charge in [-0.1, -0.05) is 0 Å². The molecule has 1 unspecified atom stereocenters. The monoisotopic (exact) mass is 296 g/mol. The Labute approximate surface area is 129 Å². The molecular weight excluding hydrogens is 276 g/mol. The number of piperidine rings is 1. The number of hydrogen-bond acceptors (Lipinski definition) is 4. The van der Waals surface area contributed by atoms with Crippen LogP contribution in [0.15, 0.2) is 24.7 Å². The first-order chi connectivity index (χ1) is 10.8. The lowest BCUT2D eigenvalue weighted by molar-refractivity contribution is 0.196. The Balaban J connectivity index is 1.51. The van der Waals surface area contributed by atoms with E-state index in [2.05, 4.69) is 44.1 Å². The third-order valence-electron chi connectivity index (χ3n) is 4.55. The second-order valence-electron chi connectivity index (χ2n) is 6.09. The Morgan fingerprint density at radius 2 is 2.32 bits per heavy atom. The standard InChI is InChI=1S/C16H20N6/c1-11-15(18-10-17-11)9-22-6-2-3-13(8-22)14-5-4-12-7-19-21-16(12)20-14/h4-5,7,10,13H,2-3,6,8-9H2,1H3,(H,17,18)(H,19,20,21). The van der Waals surface area contributed by atoms with Crippen LogP contribution >= 0.6 is 0 Å². The van der Waals surface area contributed by atoms with Gasteiger partial charge >= 0.3 is 0 Å². The molecule has 3 aromatic heterocycles. The molecule has 0 spiro atoms. The van der Waals surface area contributed by atoms with Crippen LogP contribution in [-0.4, -0.2) is 43.1 Å². The second-order valence-corrected chi connectivity index (χ2v) is 6.09. The van der Waals surface area contributed by atoms with Crippen LogP contribution in [0, 0.1) is 6.92 Å². The van der Waals surface area contributed by atoms with Crippen LogP contribution in [0.25, 0.3) is 11.0 Å². The fourth-order valence-electron chi connectivity index (χ4n) is 3.27. The van der Waals surface area contributed by atoms with Gasteiger partial charge < -0.3 is 4.98 Å². The summed E-state index contributed by atoms with van der Waals surface area (Å²) in [5.41, 5.74) is 4.37. The average Bonchev–Trinajstić information content (AvgIpc) is 3.16. The number of likely N-dealkylation sites (tertiary alicyclic amines) is 1. The van der Waals surface area contributed by atoms with Crippen LogP contribution < -0.4 is 0 Å². The Morgan fingerprint density at radius 1 is 1.36 bits per heavy atom. The second kappa shape index (κ2) is 5.53. The molecule has 114 valence electrons. The van der Waals surface area contributed by atoms with Crippen molar-refractivity contribution < 1.29 is 0 Å². The first-order valence-electron chi connectivity index (χ1n) is 7.81. The van der Waals surface area contributed by atoms with Gasteiger partial charge in [0.05, 0.1) is 18.2 Å². The molecule has 2 N–H and O–H groups in total. The molecule has 1 saturated heterocycles. The van der Waals surface area contributed by atoms with Gasteiger partial charge in [-0.2, -0.15) is 5.10 Å². The number of rotatable bonds is 3. The first-order valence-corrected chi connectivity index (χ1v) is 7.81. The molecule has 0 bridgehead atoms. The van der Waals surface area contributed by atoms with Gasteiger partial charge in [-0.3, -0.25) is 10.00 Å². The largest absolute Gasteiger partial charge is 0.348 e. The average molecular weight is 296 g/mol. The van der Waals surface area contributed by atoms with Crippen molar-refractivity contribution >= 4 is 11.0 Å². The maximum atomic E-state index is 4.74. The Bertz CT molecular complexity index is 774. The molecule has 0 aliphatic carbocycles. The highest BCUT2D eigenvalue weighted by molar-refractivity contribution is 5.73. The van der Waals surface area contributed by atoms with Crippen molar-refractivity contribution in [1.29, 1.82) is 0 Å². The summed E-state index contributed by atoms with van der Waals surface area (Å²) in [6.45, 7) is 5.17. The number of fused-ring (bicyclic) bond motifs is 1. The lowest BCUT2D eigenvalue weighted by atomic mass is 9.94. The van der Waals surface area contributed by atoms with Gasteiger partial charge in [0.1, 0.15) is 0 Å². The van der Waals surface area contributed by atoms with E-state index < -0.39 is 0 Å². The number of aromatic amines is 2. The lowest BCUT2D eigenvalue weighted by Gasteiger charge is -2.32. The maximum absolute atomic E-state index is 4.74. The van der Waals surface area contributed by atoms with Crippen LogP contribution in [-0.2, 0) is 6.54 Å². The van der Waals surface area contributed by atoms with Gasteiger partial charge in [-0.25, -0.2) is 9.97 Å². The van der Waals surface area contributed by atoms with Crippen LogP contribution in [0.5, 0.6) is 0 Å². The van der Waals surface area contributed by atoms with E-state index in [1.807, 2.05) is 6.20 Å². The summed E-state index contributed by atoms with van der Waals surface area (Å²) in [6, 6.07) is 4.25. The zero-order valence-corrected chi connectivity index (χ0v) is 12.7. The molecular formula is C16H20N6. The normalized spacial score (nSPS) is 19.8. The van der Waals surface area contributed by atoms with E-state index in [4.69, 9.17) is 4.98 Å². The molecule has 6 heteroatoms. The molecule has 0 radical (unpaired) electrons. The predicted molar refractivity (Wildman–Crippen MR) is 84.5 cm³/mol. The van der Waals surface area contributed by atoms with Crippen molar-refractivity contribution in [2.45, 2.75) is 32.2 Å². The molecule has 4 rings (SSSR count). The number of H-pyrrole nitrogens is 2. The first kappa shape index (κ1) is 13.5. The van der Waals surface area contributed by atoms with Crippen molar-refractivity contribution in [3.63, 3.8) is 0 Å². The molecule has 0 saturated carbocycles. The Morgan fingerprint density at radius 3 is 3.18 bits per heavy atom. The number of imidazole rings is 1. The van der Waals surface area contributed by atoms with Crippen molar-refractivity contribution in [3.05, 3.63) is 41.7 Å². The van der Waals surface area contributed by atoms with Crippen molar-refractivity contribution in [3.8, 4) is 0 Å². The smallest absolute Gasteiger partial charge is 0.155 e. The summed E-state index contributed by atoms with van der Waals surface area (Å²) in [4.78, 5) is 14.8. The number of hydrogen-bond donors (Lipinski definition) is 2. The van der Waals surface area contributed by atoms with Gasteiger partial charge in [-0.15, -0.1) is 0 Å². The summed E-state index contributed by atoms with van der Waals surface area (Å²) in [5, 5.41) is 8.09. The number of aromatic nitrogens is 5. The number of aryl methyl sites for hydroxylation is 1. The summed E-state index contributed by atoms with van der Waals surface area (Å²) in [5.74, 6) is 0.487. The van der Waals surface area contributed by atoms with E-state index in [-0.39, 0.29) is 0 Å². The van der Waals surface area contributed by atoms with E-state index in [9.17, 15) is 0 Å². The highest BCUT2D eigenvalue weighted by Gasteiger charge is 2.23. The lowest BCUT2D eigenvalue weighted by Crippen LogP contribution is -2.34. The van der Waals surface area contributed by atoms with Gasteiger partial charge in [0.15, 0.2) is 5.65 Å². The van der Waals surface area contributed by atoms with E-state index in [1.54, 1.807) is 6.33 Å². The van der Waals surface area contributed by atoms with E-state index in [0.717, 1.165) is 36.4 Å². The zero-order valence-electron chi connectivity index (χ0n) is 12.7. The molecule has 1 aliphatic rings. The fourth-order valence-corrected chi connectivity index (χ4v) is 3.27. The molecule has 22 heavy (non-hydrogen) atoms. The van der Waals surface area contributed by atoms with Crippen LogP contribution in [0.3, 0.4) is 0 Å². The predicted octanol–water partition coefficient (Wildman–Crippen LogP) is 2.37. The SMILES string of the molecule is Cc1[nH]cnc1CN1CCCC(c2ccc3cn[nH]c3n2)C1. The van der Waals surface area contributed by atoms with E-state index in [1.165, 1.54) is 24.2 Å². The van der Waals surface area contributed by atoms with E-state index >= 15 is 0 Å². The van der Waals surface area contributed by atoms with Gasteiger partial charge in [0.25, 0.3) is 0 Å². The minimum absolute atomic E-state index is 0.487. The fraction of sp³-hybridized carbons (Fsp3) is 0.438. The van der Waals surface area contributed by atoms with Crippen molar-refractivity contribution in [2.24, 2.45) is 0 Å². The van der Waals surface area contributed by atoms with Crippen LogP contribution in [0.2, 0.25) is 0 Å². The van der Waals surface area contributed by atoms with Gasteiger partial charge in [0.2, 0.25) is 0 Å². The summed E-state index contributed by atoms with van der Waals surface area (Å²) < 4.78 is 0. The van der Waals surface area contributed by atoms with Crippen LogP contribution in [0.4, 0.5) is 0 Å². The number of nitrogens with zero attached hydrogens (tertiary/aromatic N) is 4. The molecule has 1 fully saturated rings. The third kappa shape index (κ3) is 2.50. The highest BCUT2D eigenvalue weighted by Crippen LogP contribution is 2.27. The van der Waals surface area contributed by atoms with Gasteiger partial charge in [0, 0.05) is 35.8 Å². The molecule has 4 heterocycles. The van der Waals surface area contributed by atoms with Gasteiger partial charge in [-0.05, 0) is 38.4 Å². The molecule has 1 aliphatic heterocycles. The summed E-state index contributed by atoms with van der Waals surface area (Å²) in [6.07, 6.45) is 6.00. The minimum atomic E-state index is 0.487. The molecule has 3 aromatic rings. The zero-order chi connectivity index (χ0) is 14.9. The topological polar surface area (TPSA) is 73.5 Å². The summed E-state index contributed by atoms with van der Waals surface area (Å²) >= 11 is 0. The quantitative estimate of drug-likeness (QED) is 0.778. The Kier molecular flexibility index (Phi) is 3.38. The third-order valence-corrected chi connectivity index (χ3v) is 4.55.